The molecule has 0 radical (unpaired) electrons. The van der Waals surface area contributed by atoms with Crippen molar-refractivity contribution in [1.82, 2.24) is 9.88 Å². The molecule has 0 saturated carbocycles. The third kappa shape index (κ3) is 5.16. The molecule has 0 amide bonds. The first-order valence-electron chi connectivity index (χ1n) is 10.9. The van der Waals surface area contributed by atoms with Crippen LogP contribution < -0.4 is 14.2 Å². The minimum Gasteiger partial charge on any atom is -0.493 e. The summed E-state index contributed by atoms with van der Waals surface area (Å²) in [6, 6.07) is 9.34. The number of aromatic nitrogens is 1. The van der Waals surface area contributed by atoms with E-state index in [1.54, 1.807) is 25.4 Å². The van der Waals surface area contributed by atoms with Crippen molar-refractivity contribution in [3.8, 4) is 23.0 Å². The summed E-state index contributed by atoms with van der Waals surface area (Å²) < 4.78 is 31.6. The fourth-order valence-corrected chi connectivity index (χ4v) is 3.93. The van der Waals surface area contributed by atoms with Crippen LogP contribution in [-0.4, -0.2) is 49.5 Å². The Morgan fingerprint density at radius 3 is 2.62 bits per heavy atom. The van der Waals surface area contributed by atoms with Crippen LogP contribution in [0.2, 0.25) is 0 Å². The predicted octanol–water partition coefficient (Wildman–Crippen LogP) is 5.24. The molecule has 0 aliphatic carbocycles. The monoisotopic (exact) mass is 438 g/mol. The van der Waals surface area contributed by atoms with Gasteiger partial charge in [-0.1, -0.05) is 6.42 Å². The second-order valence-corrected chi connectivity index (χ2v) is 7.84. The van der Waals surface area contributed by atoms with E-state index >= 15 is 0 Å². The number of hydrogen-bond acceptors (Lipinski definition) is 6. The lowest BCUT2D eigenvalue weighted by atomic mass is 10.1. The summed E-state index contributed by atoms with van der Waals surface area (Å²) in [7, 11) is 1.58. The van der Waals surface area contributed by atoms with Gasteiger partial charge >= 0.3 is 0 Å². The second kappa shape index (κ2) is 10.4. The summed E-state index contributed by atoms with van der Waals surface area (Å²) in [5.41, 5.74) is 0.900. The van der Waals surface area contributed by atoms with Crippen molar-refractivity contribution in [2.75, 3.05) is 33.4 Å². The van der Waals surface area contributed by atoms with Crippen LogP contribution in [0.4, 0.5) is 4.39 Å². The molecule has 2 heterocycles. The average Bonchev–Trinajstić information content (AvgIpc) is 2.83. The van der Waals surface area contributed by atoms with E-state index in [1.807, 2.05) is 6.07 Å². The SMILES string of the molecule is COc1cc2c(Oc3ccc(C=O)cc3F)ccnc2cc1OCCCN1CCCCC1. The number of fused-ring (bicyclic) bond motifs is 1. The number of pyridine rings is 1. The van der Waals surface area contributed by atoms with Crippen LogP contribution >= 0.6 is 0 Å². The predicted molar refractivity (Wildman–Crippen MR) is 121 cm³/mol. The number of nitrogens with zero attached hydrogens (tertiary/aromatic N) is 2. The zero-order valence-electron chi connectivity index (χ0n) is 18.2. The zero-order chi connectivity index (χ0) is 22.3. The van der Waals surface area contributed by atoms with E-state index in [0.29, 0.717) is 41.0 Å². The molecule has 6 nitrogen and oxygen atoms in total. The van der Waals surface area contributed by atoms with Gasteiger partial charge in [-0.2, -0.15) is 0 Å². The van der Waals surface area contributed by atoms with E-state index in [0.717, 1.165) is 19.0 Å². The highest BCUT2D eigenvalue weighted by Crippen LogP contribution is 2.37. The number of hydrogen-bond donors (Lipinski definition) is 0. The van der Waals surface area contributed by atoms with Gasteiger partial charge in [0.05, 0.1) is 19.2 Å². The van der Waals surface area contributed by atoms with Crippen molar-refractivity contribution in [2.45, 2.75) is 25.7 Å². The molecule has 32 heavy (non-hydrogen) atoms. The number of likely N-dealkylation sites (tertiary alicyclic amines) is 1. The third-order valence-corrected chi connectivity index (χ3v) is 5.62. The minimum atomic E-state index is -0.611. The molecule has 1 saturated heterocycles. The standard InChI is InChI=1S/C25H27FN2O4/c1-30-24-15-19-21(16-25(24)31-13-5-12-28-10-3-2-4-11-28)27-9-8-22(19)32-23-7-6-18(17-29)14-20(23)26/h6-9,14-17H,2-5,10-13H2,1H3. The van der Waals surface area contributed by atoms with Gasteiger partial charge in [-0.25, -0.2) is 4.39 Å². The van der Waals surface area contributed by atoms with E-state index < -0.39 is 5.82 Å². The number of ether oxygens (including phenoxy) is 3. The highest BCUT2D eigenvalue weighted by Gasteiger charge is 2.14. The van der Waals surface area contributed by atoms with E-state index in [1.165, 1.54) is 44.5 Å². The maximum absolute atomic E-state index is 14.3. The second-order valence-electron chi connectivity index (χ2n) is 7.84. The van der Waals surface area contributed by atoms with E-state index in [9.17, 15) is 9.18 Å². The summed E-state index contributed by atoms with van der Waals surface area (Å²) in [5.74, 6) is 1.03. The molecule has 1 aliphatic heterocycles. The number of rotatable bonds is 9. The molecule has 1 aliphatic rings. The molecule has 3 aromatic rings. The third-order valence-electron chi connectivity index (χ3n) is 5.62. The maximum atomic E-state index is 14.3. The molecule has 0 spiro atoms. The lowest BCUT2D eigenvalue weighted by molar-refractivity contribution is 0.112. The van der Waals surface area contributed by atoms with E-state index in [2.05, 4.69) is 9.88 Å². The van der Waals surface area contributed by atoms with Gasteiger partial charge in [0, 0.05) is 29.8 Å². The molecular formula is C25H27FN2O4. The lowest BCUT2D eigenvalue weighted by Gasteiger charge is -2.26. The van der Waals surface area contributed by atoms with Crippen molar-refractivity contribution in [3.63, 3.8) is 0 Å². The largest absolute Gasteiger partial charge is 0.493 e. The summed E-state index contributed by atoms with van der Waals surface area (Å²) in [4.78, 5) is 17.7. The van der Waals surface area contributed by atoms with Crippen LogP contribution in [0.1, 0.15) is 36.0 Å². The van der Waals surface area contributed by atoms with Gasteiger partial charge in [-0.05, 0) is 62.7 Å². The van der Waals surface area contributed by atoms with Gasteiger partial charge in [0.25, 0.3) is 0 Å². The zero-order valence-corrected chi connectivity index (χ0v) is 18.2. The topological polar surface area (TPSA) is 60.9 Å². The number of halogens is 1. The molecule has 1 aromatic heterocycles. The number of aldehydes is 1. The van der Waals surface area contributed by atoms with E-state index in [4.69, 9.17) is 14.2 Å². The molecule has 4 rings (SSSR count). The highest BCUT2D eigenvalue weighted by atomic mass is 19.1. The molecule has 0 unspecified atom stereocenters. The van der Waals surface area contributed by atoms with Gasteiger partial charge in [0.15, 0.2) is 23.1 Å². The van der Waals surface area contributed by atoms with Crippen LogP contribution in [0, 0.1) is 5.82 Å². The van der Waals surface area contributed by atoms with Crippen molar-refractivity contribution < 1.29 is 23.4 Å². The highest BCUT2D eigenvalue weighted by molar-refractivity contribution is 5.88. The van der Waals surface area contributed by atoms with Crippen LogP contribution in [-0.2, 0) is 0 Å². The average molecular weight is 438 g/mol. The molecule has 1 fully saturated rings. The van der Waals surface area contributed by atoms with Crippen LogP contribution in [0.15, 0.2) is 42.6 Å². The van der Waals surface area contributed by atoms with Crippen molar-refractivity contribution >= 4 is 17.2 Å². The molecule has 0 atom stereocenters. The Bertz CT molecular complexity index is 1080. The van der Waals surface area contributed by atoms with Gasteiger partial charge in [-0.3, -0.25) is 9.78 Å². The summed E-state index contributed by atoms with van der Waals surface area (Å²) in [5, 5.41) is 0.670. The van der Waals surface area contributed by atoms with Crippen molar-refractivity contribution in [1.29, 1.82) is 0 Å². The molecule has 0 bridgehead atoms. The Hall–Kier alpha value is -3.19. The Labute approximate surface area is 186 Å². The molecule has 0 N–H and O–H groups in total. The lowest BCUT2D eigenvalue weighted by Crippen LogP contribution is -2.31. The summed E-state index contributed by atoms with van der Waals surface area (Å²) >= 11 is 0. The molecule has 2 aromatic carbocycles. The first-order valence-corrected chi connectivity index (χ1v) is 10.9. The van der Waals surface area contributed by atoms with Gasteiger partial charge < -0.3 is 19.1 Å². The minimum absolute atomic E-state index is 0.0279. The van der Waals surface area contributed by atoms with Crippen molar-refractivity contribution in [3.05, 3.63) is 54.0 Å². The Morgan fingerprint density at radius 2 is 1.88 bits per heavy atom. The van der Waals surface area contributed by atoms with Crippen LogP contribution in [0.3, 0.4) is 0 Å². The summed E-state index contributed by atoms with van der Waals surface area (Å²) in [6.07, 6.45) is 7.02. The first-order chi connectivity index (χ1) is 15.7. The number of benzene rings is 2. The number of piperidine rings is 1. The molecule has 168 valence electrons. The molecular weight excluding hydrogens is 411 g/mol. The quantitative estimate of drug-likeness (QED) is 0.336. The van der Waals surface area contributed by atoms with Gasteiger partial charge in [0.2, 0.25) is 0 Å². The van der Waals surface area contributed by atoms with Crippen LogP contribution in [0.25, 0.3) is 10.9 Å². The van der Waals surface area contributed by atoms with Crippen LogP contribution in [0.5, 0.6) is 23.0 Å². The smallest absolute Gasteiger partial charge is 0.166 e. The fraction of sp³-hybridized carbons (Fsp3) is 0.360. The summed E-state index contributed by atoms with van der Waals surface area (Å²) in [6.45, 7) is 3.96. The van der Waals surface area contributed by atoms with Gasteiger partial charge in [-0.15, -0.1) is 0 Å². The fourth-order valence-electron chi connectivity index (χ4n) is 3.93. The van der Waals surface area contributed by atoms with Crippen molar-refractivity contribution in [2.24, 2.45) is 0 Å². The Kier molecular flexibility index (Phi) is 7.17. The Balaban J connectivity index is 1.49. The number of methoxy groups -OCH3 is 1. The first kappa shape index (κ1) is 22.0. The number of carbonyl (C=O) groups excluding carboxylic acids is 1. The Morgan fingerprint density at radius 1 is 1.03 bits per heavy atom. The normalized spacial score (nSPS) is 14.3. The maximum Gasteiger partial charge on any atom is 0.166 e. The number of carbonyl (C=O) groups is 1. The van der Waals surface area contributed by atoms with E-state index in [-0.39, 0.29) is 11.3 Å². The molecule has 7 heteroatoms. The van der Waals surface area contributed by atoms with Gasteiger partial charge in [0.1, 0.15) is 12.0 Å².